The minimum absolute atomic E-state index is 0. The van der Waals surface area contributed by atoms with E-state index in [1.54, 1.807) is 0 Å². The predicted molar refractivity (Wildman–Crippen MR) is 20.8 cm³/mol. The van der Waals surface area contributed by atoms with E-state index in [1.807, 2.05) is 0 Å². The minimum Gasteiger partial charge on any atom is -0.360 e. The Kier molecular flexibility index (Phi) is 65.0. The molecule has 0 bridgehead atoms. The van der Waals surface area contributed by atoms with Gasteiger partial charge in [-0.2, -0.15) is 0 Å². The van der Waals surface area contributed by atoms with Crippen molar-refractivity contribution < 1.29 is 32.7 Å². The van der Waals surface area contributed by atoms with Crippen molar-refractivity contribution in [3.05, 3.63) is 14.4 Å². The molecule has 0 amide bonds. The van der Waals surface area contributed by atoms with Crippen LogP contribution in [0.4, 0.5) is 0 Å². The van der Waals surface area contributed by atoms with Crippen molar-refractivity contribution in [1.29, 1.82) is 0 Å². The largest absolute Gasteiger partial charge is 0.360 e. The smallest absolute Gasteiger partial charge is 0 e. The average Bonchev–Trinajstić information content (AvgIpc) is 0.918. The normalized spacial score (nSPS) is 3.60. The van der Waals surface area contributed by atoms with E-state index in [9.17, 15) is 0 Å². The summed E-state index contributed by atoms with van der Waals surface area (Å²) < 4.78 is 0. The molecule has 31 valence electrons. The summed E-state index contributed by atoms with van der Waals surface area (Å²) >= 11 is 0. The van der Waals surface area contributed by atoms with Gasteiger partial charge in [-0.15, -0.1) is 6.54 Å². The fraction of sp³-hybridized carbons (Fsp3) is 0.333. The molecule has 0 aromatic rings. The van der Waals surface area contributed by atoms with Gasteiger partial charge < -0.3 is 20.1 Å². The van der Waals surface area contributed by atoms with E-state index in [0.717, 1.165) is 0 Å². The van der Waals surface area contributed by atoms with Crippen molar-refractivity contribution in [2.24, 2.45) is 5.73 Å². The minimum atomic E-state index is 0. The van der Waals surface area contributed by atoms with Gasteiger partial charge in [-0.05, 0) is 0 Å². The van der Waals surface area contributed by atoms with E-state index < -0.39 is 0 Å². The van der Waals surface area contributed by atoms with Crippen LogP contribution in [0.1, 0.15) is 0 Å². The summed E-state index contributed by atoms with van der Waals surface area (Å²) in [4.78, 5) is 0. The molecular weight excluding hydrogens is 139 g/mol. The molecule has 0 unspecified atom stereocenters. The molecule has 2 heteroatoms. The zero-order valence-electron chi connectivity index (χ0n) is 3.57. The monoisotopic (exact) mass is 148 g/mol. The van der Waals surface area contributed by atoms with Gasteiger partial charge >= 0.3 is 0 Å². The van der Waals surface area contributed by atoms with Crippen LogP contribution >= 0.6 is 0 Å². The first-order valence-corrected chi connectivity index (χ1v) is 0.908. The molecule has 0 aliphatic heterocycles. The quantitative estimate of drug-likeness (QED) is 0.489. The first-order chi connectivity index (χ1) is 1.41. The van der Waals surface area contributed by atoms with Crippen molar-refractivity contribution in [2.45, 2.75) is 0 Å². The molecule has 0 fully saturated rings. The van der Waals surface area contributed by atoms with Gasteiger partial charge in [0, 0.05) is 32.7 Å². The maximum atomic E-state index is 4.74. The van der Waals surface area contributed by atoms with Crippen molar-refractivity contribution in [3.63, 3.8) is 0 Å². The topological polar surface area (TPSA) is 26.0 Å². The van der Waals surface area contributed by atoms with E-state index >= 15 is 0 Å². The summed E-state index contributed by atoms with van der Waals surface area (Å²) in [6.45, 7) is 3.76. The SMILES string of the molecule is [CH2-]CN.[CH3-].[Y]. The Bertz CT molecular complexity index is 6.85. The van der Waals surface area contributed by atoms with Gasteiger partial charge in [-0.1, -0.05) is 0 Å². The van der Waals surface area contributed by atoms with Gasteiger partial charge in [0.05, 0.1) is 0 Å². The van der Waals surface area contributed by atoms with Crippen LogP contribution < -0.4 is 5.73 Å². The Labute approximate surface area is 59.2 Å². The summed E-state index contributed by atoms with van der Waals surface area (Å²) in [6, 6.07) is 0. The Morgan fingerprint density at radius 2 is 1.60 bits per heavy atom. The van der Waals surface area contributed by atoms with E-state index in [-0.39, 0.29) is 40.1 Å². The van der Waals surface area contributed by atoms with Gasteiger partial charge in [0.15, 0.2) is 0 Å². The summed E-state index contributed by atoms with van der Waals surface area (Å²) in [5, 5.41) is 0. The van der Waals surface area contributed by atoms with Gasteiger partial charge in [-0.25, -0.2) is 0 Å². The fourth-order valence-electron chi connectivity index (χ4n) is 0. The summed E-state index contributed by atoms with van der Waals surface area (Å²) in [5.41, 5.74) is 4.74. The maximum absolute atomic E-state index is 4.74. The molecule has 0 spiro atoms. The van der Waals surface area contributed by atoms with Crippen LogP contribution in [-0.2, 0) is 32.7 Å². The van der Waals surface area contributed by atoms with Gasteiger partial charge in [0.2, 0.25) is 0 Å². The van der Waals surface area contributed by atoms with Crippen molar-refractivity contribution >= 4 is 0 Å². The molecule has 0 heterocycles. The zero-order chi connectivity index (χ0) is 2.71. The third-order valence-electron chi connectivity index (χ3n) is 0. The number of hydrogen-bond acceptors (Lipinski definition) is 1. The molecule has 0 aliphatic carbocycles. The zero-order valence-corrected chi connectivity index (χ0v) is 6.41. The van der Waals surface area contributed by atoms with Gasteiger partial charge in [0.1, 0.15) is 0 Å². The van der Waals surface area contributed by atoms with Crippen LogP contribution in [0.5, 0.6) is 0 Å². The van der Waals surface area contributed by atoms with E-state index in [0.29, 0.717) is 6.54 Å². The second-order valence-electron chi connectivity index (χ2n) is 0.289. The van der Waals surface area contributed by atoms with E-state index in [4.69, 9.17) is 5.73 Å². The molecule has 0 rings (SSSR count). The number of hydrogen-bond donors (Lipinski definition) is 1. The molecule has 0 atom stereocenters. The predicted octanol–water partition coefficient (Wildman–Crippen LogP) is 0.227. The van der Waals surface area contributed by atoms with Crippen molar-refractivity contribution in [3.8, 4) is 0 Å². The fourth-order valence-corrected chi connectivity index (χ4v) is 0. The van der Waals surface area contributed by atoms with Crippen LogP contribution in [0.25, 0.3) is 0 Å². The van der Waals surface area contributed by atoms with E-state index in [1.165, 1.54) is 0 Å². The Balaban J connectivity index is -0.0000000200. The van der Waals surface area contributed by atoms with Gasteiger partial charge in [0.25, 0.3) is 0 Å². The standard InChI is InChI=1S/C2H6N.CH3.Y/c1-2-3;;/h1-3H2;1H3;/q2*-1;. The Hall–Kier alpha value is 1.06. The van der Waals surface area contributed by atoms with Gasteiger partial charge in [-0.3, -0.25) is 0 Å². The average molecular weight is 148 g/mol. The first kappa shape index (κ1) is 16.6. The molecule has 0 saturated heterocycles. The summed E-state index contributed by atoms with van der Waals surface area (Å²) in [5.74, 6) is 0. The molecule has 5 heavy (non-hydrogen) atoms. The third-order valence-corrected chi connectivity index (χ3v) is 0. The van der Waals surface area contributed by atoms with Crippen LogP contribution in [0.3, 0.4) is 0 Å². The number of nitrogens with two attached hydrogens (primary N) is 1. The molecular formula is C3H9NY-2. The maximum Gasteiger partial charge on any atom is 0 e. The van der Waals surface area contributed by atoms with Crippen LogP contribution in [0.2, 0.25) is 0 Å². The number of rotatable bonds is 0. The summed E-state index contributed by atoms with van der Waals surface area (Å²) in [7, 11) is 0. The second-order valence-corrected chi connectivity index (χ2v) is 0.289. The summed E-state index contributed by atoms with van der Waals surface area (Å²) in [6.07, 6.45) is 0. The molecule has 2 N–H and O–H groups in total. The molecule has 1 nitrogen and oxygen atoms in total. The third kappa shape index (κ3) is 42.0. The van der Waals surface area contributed by atoms with Crippen LogP contribution in [-0.4, -0.2) is 6.54 Å². The Morgan fingerprint density at radius 1 is 1.60 bits per heavy atom. The first-order valence-electron chi connectivity index (χ1n) is 0.908. The Morgan fingerprint density at radius 3 is 1.60 bits per heavy atom. The van der Waals surface area contributed by atoms with Crippen molar-refractivity contribution in [2.75, 3.05) is 6.54 Å². The molecule has 0 aromatic heterocycles. The van der Waals surface area contributed by atoms with E-state index in [2.05, 4.69) is 6.92 Å². The second kappa shape index (κ2) is 19.6. The van der Waals surface area contributed by atoms with Crippen LogP contribution in [0, 0.1) is 14.4 Å². The molecule has 1 radical (unpaired) electrons. The molecule has 0 aromatic carbocycles. The van der Waals surface area contributed by atoms with Crippen LogP contribution in [0.15, 0.2) is 0 Å². The molecule has 0 saturated carbocycles. The van der Waals surface area contributed by atoms with Crippen molar-refractivity contribution in [1.82, 2.24) is 0 Å². The molecule has 0 aliphatic rings.